The molecule has 0 saturated heterocycles. The van der Waals surface area contributed by atoms with E-state index < -0.39 is 0 Å². The lowest BCUT2D eigenvalue weighted by Gasteiger charge is -2.13. The van der Waals surface area contributed by atoms with E-state index in [2.05, 4.69) is 62.2 Å². The molecule has 0 amide bonds. The quantitative estimate of drug-likeness (QED) is 0.383. The molecule has 0 aromatic heterocycles. The van der Waals surface area contributed by atoms with Crippen LogP contribution < -0.4 is 0 Å². The maximum absolute atomic E-state index is 6.49. The van der Waals surface area contributed by atoms with Crippen molar-refractivity contribution in [2.24, 2.45) is 0 Å². The van der Waals surface area contributed by atoms with Crippen molar-refractivity contribution in [2.75, 3.05) is 0 Å². The second kappa shape index (κ2) is 6.35. The van der Waals surface area contributed by atoms with Gasteiger partial charge in [0.15, 0.2) is 0 Å². The molecule has 0 heterocycles. The van der Waals surface area contributed by atoms with Crippen LogP contribution in [0.1, 0.15) is 0 Å². The van der Waals surface area contributed by atoms with Crippen LogP contribution in [0.15, 0.2) is 75.7 Å². The van der Waals surface area contributed by atoms with Crippen LogP contribution in [-0.4, -0.2) is 0 Å². The van der Waals surface area contributed by atoms with Gasteiger partial charge in [0, 0.05) is 8.95 Å². The first-order valence-electron chi connectivity index (χ1n) is 6.47. The molecule has 0 saturated carbocycles. The maximum atomic E-state index is 6.49. The monoisotopic (exact) mass is 420 g/mol. The second-order valence-corrected chi connectivity index (χ2v) is 6.61. The van der Waals surface area contributed by atoms with Gasteiger partial charge in [0.25, 0.3) is 0 Å². The van der Waals surface area contributed by atoms with Gasteiger partial charge < -0.3 is 0 Å². The van der Waals surface area contributed by atoms with E-state index in [-0.39, 0.29) is 0 Å². The zero-order valence-corrected chi connectivity index (χ0v) is 14.9. The molecule has 0 N–H and O–H groups in total. The molecule has 0 aliphatic carbocycles. The Labute approximate surface area is 146 Å². The van der Waals surface area contributed by atoms with Crippen molar-refractivity contribution in [3.05, 3.63) is 80.7 Å². The molecule has 0 aliphatic heterocycles. The number of rotatable bonds is 2. The van der Waals surface area contributed by atoms with E-state index in [9.17, 15) is 0 Å². The summed E-state index contributed by atoms with van der Waals surface area (Å²) in [4.78, 5) is 0. The lowest BCUT2D eigenvalue weighted by atomic mass is 9.99. The average Bonchev–Trinajstić information content (AvgIpc) is 2.55. The zero-order chi connectivity index (χ0) is 14.8. The van der Waals surface area contributed by atoms with Crippen molar-refractivity contribution in [1.29, 1.82) is 0 Å². The van der Waals surface area contributed by atoms with Gasteiger partial charge in [0.05, 0.1) is 5.02 Å². The standard InChI is InChI=1S/C18H11Br2Cl/c19-16-14(12-7-3-1-4-8-12)11-15(17(20)18(16)21)13-9-5-2-6-10-13/h1-11H. The Morgan fingerprint density at radius 2 is 1.00 bits per heavy atom. The van der Waals surface area contributed by atoms with E-state index in [4.69, 9.17) is 11.6 Å². The Hall–Kier alpha value is -1.09. The fraction of sp³-hybridized carbons (Fsp3) is 0. The van der Waals surface area contributed by atoms with Gasteiger partial charge >= 0.3 is 0 Å². The van der Waals surface area contributed by atoms with Gasteiger partial charge in [-0.25, -0.2) is 0 Å². The summed E-state index contributed by atoms with van der Waals surface area (Å²) in [5, 5.41) is 0.690. The van der Waals surface area contributed by atoms with Crippen LogP contribution in [0, 0.1) is 0 Å². The third-order valence-electron chi connectivity index (χ3n) is 3.32. The molecular weight excluding hydrogens is 411 g/mol. The average molecular weight is 423 g/mol. The second-order valence-electron chi connectivity index (χ2n) is 4.65. The van der Waals surface area contributed by atoms with Crippen molar-refractivity contribution < 1.29 is 0 Å². The Balaban J connectivity index is 2.26. The summed E-state index contributed by atoms with van der Waals surface area (Å²) >= 11 is 13.7. The largest absolute Gasteiger partial charge is 0.0818 e. The molecule has 0 nitrogen and oxygen atoms in total. The lowest BCUT2D eigenvalue weighted by Crippen LogP contribution is -1.87. The molecule has 104 valence electrons. The van der Waals surface area contributed by atoms with Gasteiger partial charge in [-0.1, -0.05) is 72.3 Å². The molecule has 0 bridgehead atoms. The highest BCUT2D eigenvalue weighted by molar-refractivity contribution is 9.11. The molecule has 21 heavy (non-hydrogen) atoms. The zero-order valence-electron chi connectivity index (χ0n) is 11.0. The molecule has 0 unspecified atom stereocenters. The van der Waals surface area contributed by atoms with E-state index in [1.165, 1.54) is 0 Å². The number of hydrogen-bond acceptors (Lipinski definition) is 0. The van der Waals surface area contributed by atoms with Crippen molar-refractivity contribution in [3.8, 4) is 22.3 Å². The van der Waals surface area contributed by atoms with Crippen LogP contribution in [-0.2, 0) is 0 Å². The van der Waals surface area contributed by atoms with Crippen molar-refractivity contribution in [1.82, 2.24) is 0 Å². The molecule has 3 aromatic rings. The maximum Gasteiger partial charge on any atom is 0.0702 e. The van der Waals surface area contributed by atoms with Crippen molar-refractivity contribution in [2.45, 2.75) is 0 Å². The van der Waals surface area contributed by atoms with Gasteiger partial charge in [-0.2, -0.15) is 0 Å². The summed E-state index contributed by atoms with van der Waals surface area (Å²) < 4.78 is 1.81. The first-order valence-corrected chi connectivity index (χ1v) is 8.43. The Bertz CT molecular complexity index is 704. The van der Waals surface area contributed by atoms with E-state index in [0.29, 0.717) is 5.02 Å². The third kappa shape index (κ3) is 2.94. The van der Waals surface area contributed by atoms with Crippen LogP contribution in [0.25, 0.3) is 22.3 Å². The van der Waals surface area contributed by atoms with E-state index in [1.807, 2.05) is 36.4 Å². The molecule has 0 aliphatic rings. The van der Waals surface area contributed by atoms with Gasteiger partial charge in [0.2, 0.25) is 0 Å². The summed E-state index contributed by atoms with van der Waals surface area (Å²) in [5.74, 6) is 0. The highest BCUT2D eigenvalue weighted by Gasteiger charge is 2.15. The molecule has 3 rings (SSSR count). The summed E-state index contributed by atoms with van der Waals surface area (Å²) in [6.07, 6.45) is 0. The van der Waals surface area contributed by atoms with E-state index in [1.54, 1.807) is 0 Å². The summed E-state index contributed by atoms with van der Waals surface area (Å²) in [6.45, 7) is 0. The van der Waals surface area contributed by atoms with Crippen molar-refractivity contribution >= 4 is 43.5 Å². The first kappa shape index (κ1) is 14.8. The molecule has 0 spiro atoms. The van der Waals surface area contributed by atoms with Gasteiger partial charge in [-0.05, 0) is 60.2 Å². The van der Waals surface area contributed by atoms with E-state index in [0.717, 1.165) is 31.2 Å². The minimum atomic E-state index is 0.690. The van der Waals surface area contributed by atoms with Crippen LogP contribution in [0.3, 0.4) is 0 Å². The molecule has 0 radical (unpaired) electrons. The van der Waals surface area contributed by atoms with Crippen molar-refractivity contribution in [3.63, 3.8) is 0 Å². The van der Waals surface area contributed by atoms with Crippen LogP contribution in [0.5, 0.6) is 0 Å². The number of benzene rings is 3. The van der Waals surface area contributed by atoms with Gasteiger partial charge in [-0.15, -0.1) is 0 Å². The smallest absolute Gasteiger partial charge is 0.0702 e. The van der Waals surface area contributed by atoms with Gasteiger partial charge in [-0.3, -0.25) is 0 Å². The fourth-order valence-electron chi connectivity index (χ4n) is 2.26. The fourth-order valence-corrected chi connectivity index (χ4v) is 3.81. The normalized spacial score (nSPS) is 10.6. The number of halogens is 3. The summed E-state index contributed by atoms with van der Waals surface area (Å²) in [5.41, 5.74) is 4.44. The molecule has 0 fully saturated rings. The number of hydrogen-bond donors (Lipinski definition) is 0. The third-order valence-corrected chi connectivity index (χ3v) is 5.80. The molecule has 3 aromatic carbocycles. The predicted octanol–water partition coefficient (Wildman–Crippen LogP) is 7.20. The molecule has 0 atom stereocenters. The predicted molar refractivity (Wildman–Crippen MR) is 97.7 cm³/mol. The highest BCUT2D eigenvalue weighted by Crippen LogP contribution is 2.44. The lowest BCUT2D eigenvalue weighted by molar-refractivity contribution is 1.53. The van der Waals surface area contributed by atoms with Gasteiger partial charge in [0.1, 0.15) is 0 Å². The Kier molecular flexibility index (Phi) is 4.48. The topological polar surface area (TPSA) is 0 Å². The Morgan fingerprint density at radius 3 is 1.38 bits per heavy atom. The summed E-state index contributed by atoms with van der Waals surface area (Å²) in [6, 6.07) is 22.6. The first-order chi connectivity index (χ1) is 10.2. The summed E-state index contributed by atoms with van der Waals surface area (Å²) in [7, 11) is 0. The minimum Gasteiger partial charge on any atom is -0.0818 e. The van der Waals surface area contributed by atoms with Crippen LogP contribution in [0.2, 0.25) is 5.02 Å². The van der Waals surface area contributed by atoms with Crippen LogP contribution >= 0.6 is 43.5 Å². The van der Waals surface area contributed by atoms with E-state index >= 15 is 0 Å². The highest BCUT2D eigenvalue weighted by atomic mass is 79.9. The Morgan fingerprint density at radius 1 is 0.619 bits per heavy atom. The SMILES string of the molecule is Clc1c(Br)c(-c2ccccc2)cc(-c2ccccc2)c1Br. The molecule has 3 heteroatoms. The minimum absolute atomic E-state index is 0.690. The molecular formula is C18H11Br2Cl. The van der Waals surface area contributed by atoms with Crippen LogP contribution in [0.4, 0.5) is 0 Å².